The van der Waals surface area contributed by atoms with Gasteiger partial charge in [-0.25, -0.2) is 0 Å². The minimum Gasteiger partial charge on any atom is -0.379 e. The molecule has 1 fully saturated rings. The van der Waals surface area contributed by atoms with Gasteiger partial charge in [0.25, 0.3) is 0 Å². The quantitative estimate of drug-likeness (QED) is 0.636. The average molecular weight is 265 g/mol. The van der Waals surface area contributed by atoms with Crippen LogP contribution in [0.1, 0.15) is 19.4 Å². The van der Waals surface area contributed by atoms with Crippen molar-refractivity contribution in [1.29, 1.82) is 0 Å². The highest BCUT2D eigenvalue weighted by molar-refractivity contribution is 6.08. The molecule has 2 heterocycles. The predicted molar refractivity (Wildman–Crippen MR) is 83.1 cm³/mol. The highest BCUT2D eigenvalue weighted by atomic mass is 16.5. The molecule has 0 spiro atoms. The Morgan fingerprint density at radius 2 is 1.55 bits per heavy atom. The fourth-order valence-electron chi connectivity index (χ4n) is 3.47. The van der Waals surface area contributed by atoms with Crippen molar-refractivity contribution in [2.45, 2.75) is 19.4 Å². The van der Waals surface area contributed by atoms with Crippen LogP contribution in [-0.4, -0.2) is 17.8 Å². The largest absolute Gasteiger partial charge is 0.379 e. The van der Waals surface area contributed by atoms with Crippen molar-refractivity contribution in [3.05, 3.63) is 48.5 Å². The number of benzene rings is 2. The number of para-hydroxylation sites is 2. The molecule has 1 unspecified atom stereocenters. The molecular weight excluding hydrogens is 246 g/mol. The molecule has 0 N–H and O–H groups in total. The van der Waals surface area contributed by atoms with E-state index in [2.05, 4.69) is 60.0 Å². The number of ether oxygens (including phenoxy) is 1. The van der Waals surface area contributed by atoms with Crippen LogP contribution in [-0.2, 0) is 4.74 Å². The third-order valence-electron chi connectivity index (χ3n) is 4.61. The lowest BCUT2D eigenvalue weighted by Crippen LogP contribution is -2.28. The van der Waals surface area contributed by atoms with Crippen LogP contribution in [0.3, 0.4) is 0 Å². The second-order valence-corrected chi connectivity index (χ2v) is 5.81. The van der Waals surface area contributed by atoms with E-state index in [0.29, 0.717) is 12.0 Å². The Kier molecular flexibility index (Phi) is 2.78. The molecule has 2 nitrogen and oxygen atoms in total. The van der Waals surface area contributed by atoms with E-state index in [-0.39, 0.29) is 0 Å². The molecular formula is C18H19NO. The van der Waals surface area contributed by atoms with Gasteiger partial charge in [-0.2, -0.15) is 0 Å². The zero-order chi connectivity index (χ0) is 13.5. The van der Waals surface area contributed by atoms with E-state index in [4.69, 9.17) is 4.74 Å². The van der Waals surface area contributed by atoms with Crippen LogP contribution in [0.25, 0.3) is 21.8 Å². The molecule has 0 bridgehead atoms. The van der Waals surface area contributed by atoms with Gasteiger partial charge in [0.1, 0.15) is 0 Å². The van der Waals surface area contributed by atoms with E-state index in [0.717, 1.165) is 19.6 Å². The van der Waals surface area contributed by atoms with Gasteiger partial charge < -0.3 is 9.30 Å². The summed E-state index contributed by atoms with van der Waals surface area (Å²) >= 11 is 0. The third kappa shape index (κ3) is 1.68. The molecule has 1 aliphatic heterocycles. The molecule has 2 atom stereocenters. The molecule has 0 aliphatic carbocycles. The first-order valence-corrected chi connectivity index (χ1v) is 7.41. The van der Waals surface area contributed by atoms with Gasteiger partial charge >= 0.3 is 0 Å². The third-order valence-corrected chi connectivity index (χ3v) is 4.61. The second kappa shape index (κ2) is 4.64. The number of fused-ring (bicyclic) bond motifs is 3. The van der Waals surface area contributed by atoms with Crippen LogP contribution in [0.15, 0.2) is 48.5 Å². The highest BCUT2D eigenvalue weighted by Crippen LogP contribution is 2.36. The lowest BCUT2D eigenvalue weighted by molar-refractivity contribution is 0.0312. The topological polar surface area (TPSA) is 14.2 Å². The summed E-state index contributed by atoms with van der Waals surface area (Å²) in [5.41, 5.74) is 2.66. The standard InChI is InChI=1S/C18H19NO/c1-13-10-11-20-12-18(13)19-16-8-4-2-6-14(16)15-7-3-5-9-17(15)19/h2-9,13,18H,10-12H2,1H3/t13?,18-/m0/s1. The number of nitrogens with zero attached hydrogens (tertiary/aromatic N) is 1. The molecule has 1 aromatic heterocycles. The summed E-state index contributed by atoms with van der Waals surface area (Å²) in [5.74, 6) is 0.656. The molecule has 1 saturated heterocycles. The van der Waals surface area contributed by atoms with Crippen molar-refractivity contribution >= 4 is 21.8 Å². The molecule has 0 amide bonds. The number of hydrogen-bond acceptors (Lipinski definition) is 1. The Hall–Kier alpha value is -1.80. The maximum atomic E-state index is 5.75. The lowest BCUT2D eigenvalue weighted by atomic mass is 9.96. The summed E-state index contributed by atoms with van der Waals surface area (Å²) in [5, 5.41) is 2.70. The number of hydrogen-bond donors (Lipinski definition) is 0. The summed E-state index contributed by atoms with van der Waals surface area (Å²) in [7, 11) is 0. The van der Waals surface area contributed by atoms with Crippen LogP contribution in [0, 0.1) is 5.92 Å². The van der Waals surface area contributed by atoms with Crippen LogP contribution >= 0.6 is 0 Å². The van der Waals surface area contributed by atoms with E-state index in [1.165, 1.54) is 21.8 Å². The van der Waals surface area contributed by atoms with Crippen molar-refractivity contribution in [3.63, 3.8) is 0 Å². The van der Waals surface area contributed by atoms with Gasteiger partial charge in [-0.3, -0.25) is 0 Å². The molecule has 2 heteroatoms. The van der Waals surface area contributed by atoms with E-state index < -0.39 is 0 Å². The van der Waals surface area contributed by atoms with Gasteiger partial charge in [0.2, 0.25) is 0 Å². The van der Waals surface area contributed by atoms with Gasteiger partial charge in [0, 0.05) is 28.4 Å². The first kappa shape index (κ1) is 12.0. The smallest absolute Gasteiger partial charge is 0.0676 e. The fourth-order valence-corrected chi connectivity index (χ4v) is 3.47. The zero-order valence-corrected chi connectivity index (χ0v) is 11.8. The van der Waals surface area contributed by atoms with E-state index in [1.54, 1.807) is 0 Å². The monoisotopic (exact) mass is 265 g/mol. The molecule has 0 saturated carbocycles. The molecule has 102 valence electrons. The molecule has 2 aromatic carbocycles. The number of aromatic nitrogens is 1. The Labute approximate surface area is 119 Å². The molecule has 0 radical (unpaired) electrons. The summed E-state index contributed by atoms with van der Waals surface area (Å²) in [6, 6.07) is 17.9. The van der Waals surface area contributed by atoms with Gasteiger partial charge in [-0.05, 0) is 24.5 Å². The summed E-state index contributed by atoms with van der Waals surface area (Å²) in [4.78, 5) is 0. The predicted octanol–water partition coefficient (Wildman–Crippen LogP) is 4.39. The minimum absolute atomic E-state index is 0.438. The molecule has 4 rings (SSSR count). The van der Waals surface area contributed by atoms with Crippen molar-refractivity contribution in [1.82, 2.24) is 4.57 Å². The Bertz CT molecular complexity index is 705. The molecule has 3 aromatic rings. The van der Waals surface area contributed by atoms with Crippen molar-refractivity contribution < 1.29 is 4.74 Å². The van der Waals surface area contributed by atoms with Gasteiger partial charge in [0.15, 0.2) is 0 Å². The maximum Gasteiger partial charge on any atom is 0.0676 e. The summed E-state index contributed by atoms with van der Waals surface area (Å²) in [6.45, 7) is 4.06. The van der Waals surface area contributed by atoms with Crippen molar-refractivity contribution in [3.8, 4) is 0 Å². The maximum absolute atomic E-state index is 5.75. The van der Waals surface area contributed by atoms with Crippen LogP contribution in [0.5, 0.6) is 0 Å². The fraction of sp³-hybridized carbons (Fsp3) is 0.333. The average Bonchev–Trinajstić information content (AvgIpc) is 2.83. The van der Waals surface area contributed by atoms with E-state index in [9.17, 15) is 0 Å². The zero-order valence-electron chi connectivity index (χ0n) is 11.8. The molecule has 20 heavy (non-hydrogen) atoms. The number of rotatable bonds is 1. The van der Waals surface area contributed by atoms with Gasteiger partial charge in [0.05, 0.1) is 12.6 Å². The highest BCUT2D eigenvalue weighted by Gasteiger charge is 2.26. The normalized spacial score (nSPS) is 23.4. The van der Waals surface area contributed by atoms with E-state index in [1.807, 2.05) is 0 Å². The Morgan fingerprint density at radius 3 is 2.15 bits per heavy atom. The van der Waals surface area contributed by atoms with Crippen molar-refractivity contribution in [2.24, 2.45) is 5.92 Å². The lowest BCUT2D eigenvalue weighted by Gasteiger charge is -2.31. The minimum atomic E-state index is 0.438. The molecule has 1 aliphatic rings. The van der Waals surface area contributed by atoms with Crippen LogP contribution in [0.4, 0.5) is 0 Å². The van der Waals surface area contributed by atoms with Crippen LogP contribution in [0.2, 0.25) is 0 Å². The first-order chi connectivity index (χ1) is 9.86. The first-order valence-electron chi connectivity index (χ1n) is 7.41. The van der Waals surface area contributed by atoms with Gasteiger partial charge in [-0.1, -0.05) is 43.3 Å². The van der Waals surface area contributed by atoms with Gasteiger partial charge in [-0.15, -0.1) is 0 Å². The van der Waals surface area contributed by atoms with Crippen LogP contribution < -0.4 is 0 Å². The summed E-state index contributed by atoms with van der Waals surface area (Å²) in [6.07, 6.45) is 1.14. The summed E-state index contributed by atoms with van der Waals surface area (Å²) < 4.78 is 8.25. The van der Waals surface area contributed by atoms with E-state index >= 15 is 0 Å². The van der Waals surface area contributed by atoms with Crippen molar-refractivity contribution in [2.75, 3.05) is 13.2 Å². The second-order valence-electron chi connectivity index (χ2n) is 5.81. The SMILES string of the molecule is CC1CCOC[C@@H]1n1c2ccccc2c2ccccc21. The Morgan fingerprint density at radius 1 is 0.950 bits per heavy atom. The Balaban J connectivity index is 2.04.